The number of amides is 1. The Morgan fingerprint density at radius 2 is 1.58 bits per heavy atom. The molecule has 0 aromatic heterocycles. The average Bonchev–Trinajstić information content (AvgIpc) is 3.02. The van der Waals surface area contributed by atoms with Crippen molar-refractivity contribution in [2.24, 2.45) is 0 Å². The summed E-state index contributed by atoms with van der Waals surface area (Å²) in [6.45, 7) is 8.14. The van der Waals surface area contributed by atoms with Crippen molar-refractivity contribution >= 4 is 18.3 Å². The first-order valence-electron chi connectivity index (χ1n) is 8.28. The number of hydrogen-bond donors (Lipinski definition) is 2. The lowest BCUT2D eigenvalue weighted by Crippen LogP contribution is -2.26. The van der Waals surface area contributed by atoms with Crippen molar-refractivity contribution in [3.05, 3.63) is 70.3 Å². The monoisotopic (exact) mass is 344 g/mol. The summed E-state index contributed by atoms with van der Waals surface area (Å²) in [5.41, 5.74) is 5.70. The fourth-order valence-corrected chi connectivity index (χ4v) is 2.97. The third kappa shape index (κ3) is 3.97. The predicted octanol–water partition coefficient (Wildman–Crippen LogP) is 4.33. The molecule has 0 bridgehead atoms. The molecule has 0 saturated carbocycles. The van der Waals surface area contributed by atoms with Gasteiger partial charge in [0.15, 0.2) is 0 Å². The lowest BCUT2D eigenvalue weighted by molar-refractivity contribution is 0.0940. The number of carbonyl (C=O) groups is 1. The van der Waals surface area contributed by atoms with Gasteiger partial charge in [-0.25, -0.2) is 0 Å². The van der Waals surface area contributed by atoms with Crippen LogP contribution in [0.2, 0.25) is 0 Å². The summed E-state index contributed by atoms with van der Waals surface area (Å²) < 4.78 is 0. The van der Waals surface area contributed by atoms with E-state index in [9.17, 15) is 4.79 Å². The van der Waals surface area contributed by atoms with Crippen LogP contribution < -0.4 is 10.6 Å². The third-order valence-electron chi connectivity index (χ3n) is 4.55. The number of carbonyl (C=O) groups excluding carboxylic acids is 1. The molecule has 3 nitrogen and oxygen atoms in total. The fraction of sp³-hybridized carbons (Fsp3) is 0.350. The maximum atomic E-state index is 12.5. The van der Waals surface area contributed by atoms with E-state index in [1.54, 1.807) is 0 Å². The Kier molecular flexibility index (Phi) is 6.03. The molecule has 1 aliphatic heterocycles. The lowest BCUT2D eigenvalue weighted by atomic mass is 9.99. The van der Waals surface area contributed by atoms with Crippen LogP contribution in [0.5, 0.6) is 0 Å². The molecule has 128 valence electrons. The van der Waals surface area contributed by atoms with Gasteiger partial charge in [0.25, 0.3) is 5.91 Å². The van der Waals surface area contributed by atoms with E-state index in [4.69, 9.17) is 0 Å². The van der Waals surface area contributed by atoms with Gasteiger partial charge in [-0.3, -0.25) is 4.79 Å². The van der Waals surface area contributed by atoms with Gasteiger partial charge in [-0.05, 0) is 47.2 Å². The number of halogens is 1. The van der Waals surface area contributed by atoms with Gasteiger partial charge in [0.1, 0.15) is 0 Å². The number of benzene rings is 2. The quantitative estimate of drug-likeness (QED) is 0.867. The zero-order valence-electron chi connectivity index (χ0n) is 14.4. The molecule has 1 amide bonds. The minimum atomic E-state index is -0.0138. The Morgan fingerprint density at radius 1 is 0.958 bits per heavy atom. The maximum Gasteiger partial charge on any atom is 0.251 e. The highest BCUT2D eigenvalue weighted by Gasteiger charge is 2.15. The average molecular weight is 345 g/mol. The van der Waals surface area contributed by atoms with Crippen LogP contribution in [-0.4, -0.2) is 5.91 Å². The van der Waals surface area contributed by atoms with Crippen LogP contribution in [-0.2, 0) is 13.1 Å². The third-order valence-corrected chi connectivity index (χ3v) is 4.55. The number of rotatable bonds is 4. The zero-order valence-corrected chi connectivity index (χ0v) is 15.2. The molecule has 0 radical (unpaired) electrons. The van der Waals surface area contributed by atoms with Crippen LogP contribution in [0.1, 0.15) is 65.3 Å². The largest absolute Gasteiger partial charge is 0.346 e. The molecular weight excluding hydrogens is 320 g/mol. The van der Waals surface area contributed by atoms with E-state index < -0.39 is 0 Å². The zero-order chi connectivity index (χ0) is 16.4. The standard InChI is InChI=1S/C20H24N2O.ClH/c1-13(2)15-4-6-16(7-5-15)14(3)22-20(23)17-8-9-18-11-21-12-19(18)10-17;/h4-10,13-14,21H,11-12H2,1-3H3,(H,22,23);1H. The Hall–Kier alpha value is -1.84. The second-order valence-electron chi connectivity index (χ2n) is 6.60. The number of hydrogen-bond acceptors (Lipinski definition) is 2. The first kappa shape index (κ1) is 18.5. The van der Waals surface area contributed by atoms with Gasteiger partial charge in [-0.1, -0.05) is 44.2 Å². The molecule has 0 spiro atoms. The first-order valence-corrected chi connectivity index (χ1v) is 8.28. The van der Waals surface area contributed by atoms with Crippen molar-refractivity contribution in [2.75, 3.05) is 0 Å². The van der Waals surface area contributed by atoms with Gasteiger partial charge < -0.3 is 10.6 Å². The topological polar surface area (TPSA) is 41.1 Å². The molecule has 24 heavy (non-hydrogen) atoms. The second kappa shape index (κ2) is 7.82. The number of fused-ring (bicyclic) bond motifs is 1. The van der Waals surface area contributed by atoms with Crippen molar-refractivity contribution in [2.45, 2.75) is 45.8 Å². The van der Waals surface area contributed by atoms with Crippen LogP contribution in [0.4, 0.5) is 0 Å². The molecule has 2 N–H and O–H groups in total. The Balaban J connectivity index is 0.00000208. The van der Waals surface area contributed by atoms with Gasteiger partial charge in [0.05, 0.1) is 6.04 Å². The lowest BCUT2D eigenvalue weighted by Gasteiger charge is -2.16. The predicted molar refractivity (Wildman–Crippen MR) is 101 cm³/mol. The van der Waals surface area contributed by atoms with Crippen molar-refractivity contribution in [1.29, 1.82) is 0 Å². The van der Waals surface area contributed by atoms with E-state index >= 15 is 0 Å². The first-order chi connectivity index (χ1) is 11.0. The van der Waals surface area contributed by atoms with Crippen molar-refractivity contribution < 1.29 is 4.79 Å². The smallest absolute Gasteiger partial charge is 0.251 e. The fourth-order valence-electron chi connectivity index (χ4n) is 2.97. The highest BCUT2D eigenvalue weighted by Crippen LogP contribution is 2.20. The van der Waals surface area contributed by atoms with Gasteiger partial charge in [-0.15, -0.1) is 12.4 Å². The van der Waals surface area contributed by atoms with E-state index in [2.05, 4.69) is 48.7 Å². The van der Waals surface area contributed by atoms with Crippen molar-refractivity contribution in [1.82, 2.24) is 10.6 Å². The highest BCUT2D eigenvalue weighted by atomic mass is 35.5. The van der Waals surface area contributed by atoms with Gasteiger partial charge >= 0.3 is 0 Å². The van der Waals surface area contributed by atoms with Gasteiger partial charge in [0, 0.05) is 18.7 Å². The minimum absolute atomic E-state index is 0. The summed E-state index contributed by atoms with van der Waals surface area (Å²) in [5.74, 6) is 0.508. The summed E-state index contributed by atoms with van der Waals surface area (Å²) in [4.78, 5) is 12.5. The second-order valence-corrected chi connectivity index (χ2v) is 6.60. The number of nitrogens with one attached hydrogen (secondary N) is 2. The Bertz CT molecular complexity index is 710. The molecule has 0 aliphatic carbocycles. The van der Waals surface area contributed by atoms with Crippen molar-refractivity contribution in [3.8, 4) is 0 Å². The minimum Gasteiger partial charge on any atom is -0.346 e. The summed E-state index contributed by atoms with van der Waals surface area (Å²) in [7, 11) is 0. The van der Waals surface area contributed by atoms with E-state index in [-0.39, 0.29) is 24.4 Å². The molecule has 2 aromatic carbocycles. The van der Waals surface area contributed by atoms with Crippen LogP contribution in [0.3, 0.4) is 0 Å². The van der Waals surface area contributed by atoms with Crippen LogP contribution >= 0.6 is 12.4 Å². The van der Waals surface area contributed by atoms with Crippen molar-refractivity contribution in [3.63, 3.8) is 0 Å². The molecule has 3 rings (SSSR count). The molecule has 1 aliphatic rings. The van der Waals surface area contributed by atoms with Gasteiger partial charge in [-0.2, -0.15) is 0 Å². The molecule has 1 atom stereocenters. The summed E-state index contributed by atoms with van der Waals surface area (Å²) >= 11 is 0. The molecule has 2 aromatic rings. The van der Waals surface area contributed by atoms with Crippen LogP contribution in [0.25, 0.3) is 0 Å². The normalized spacial score (nSPS) is 14.0. The Labute approximate surface area is 150 Å². The molecular formula is C20H25ClN2O. The van der Waals surface area contributed by atoms with E-state index in [1.165, 1.54) is 16.7 Å². The van der Waals surface area contributed by atoms with Crippen LogP contribution in [0.15, 0.2) is 42.5 Å². The summed E-state index contributed by atoms with van der Waals surface area (Å²) in [6.07, 6.45) is 0. The Morgan fingerprint density at radius 3 is 2.25 bits per heavy atom. The molecule has 1 unspecified atom stereocenters. The molecule has 0 saturated heterocycles. The van der Waals surface area contributed by atoms with Crippen LogP contribution in [0, 0.1) is 0 Å². The van der Waals surface area contributed by atoms with E-state index in [1.807, 2.05) is 25.1 Å². The molecule has 0 fully saturated rings. The maximum absolute atomic E-state index is 12.5. The highest BCUT2D eigenvalue weighted by molar-refractivity contribution is 5.94. The molecule has 4 heteroatoms. The van der Waals surface area contributed by atoms with E-state index in [0.29, 0.717) is 5.92 Å². The van der Waals surface area contributed by atoms with Gasteiger partial charge in [0.2, 0.25) is 0 Å². The van der Waals surface area contributed by atoms with E-state index in [0.717, 1.165) is 24.2 Å². The summed E-state index contributed by atoms with van der Waals surface area (Å²) in [6, 6.07) is 14.4. The summed E-state index contributed by atoms with van der Waals surface area (Å²) in [5, 5.41) is 6.40. The SMILES string of the molecule is CC(C)c1ccc(C(C)NC(=O)c2ccc3c(c2)CNC3)cc1.Cl. The molecule has 1 heterocycles.